The molecule has 0 saturated heterocycles. The van der Waals surface area contributed by atoms with Gasteiger partial charge in [0.1, 0.15) is 10.7 Å². The molecule has 1 aliphatic rings. The number of thioether (sulfide) groups is 1. The van der Waals surface area contributed by atoms with Crippen molar-refractivity contribution in [3.05, 3.63) is 99.2 Å². The molecule has 0 spiro atoms. The van der Waals surface area contributed by atoms with Gasteiger partial charge < -0.3 is 9.32 Å². The fourth-order valence-electron chi connectivity index (χ4n) is 4.21. The number of aromatic nitrogens is 4. The van der Waals surface area contributed by atoms with Crippen LogP contribution in [0.15, 0.2) is 81.9 Å². The summed E-state index contributed by atoms with van der Waals surface area (Å²) in [5, 5.41) is 12.7. The molecular weight excluding hydrogens is 514 g/mol. The molecule has 0 unspecified atom stereocenters. The Labute approximate surface area is 220 Å². The first-order chi connectivity index (χ1) is 17.7. The first kappa shape index (κ1) is 23.0. The van der Waals surface area contributed by atoms with Crippen molar-refractivity contribution in [3.63, 3.8) is 0 Å². The molecule has 10 heteroatoms. The van der Waals surface area contributed by atoms with Crippen molar-refractivity contribution in [2.24, 2.45) is 0 Å². The first-order valence-corrected chi connectivity index (χ1v) is 13.6. The van der Waals surface area contributed by atoms with Gasteiger partial charge in [-0.15, -0.1) is 21.5 Å². The van der Waals surface area contributed by atoms with Crippen molar-refractivity contribution < 1.29 is 9.21 Å². The first-order valence-electron chi connectivity index (χ1n) is 11.3. The number of rotatable bonds is 6. The predicted octanol–water partition coefficient (Wildman–Crippen LogP) is 6.13. The largest absolute Gasteiger partial charge is 0.461 e. The number of carbonyl (C=O) groups excluding carboxylic acids is 1. The highest BCUT2D eigenvalue weighted by Crippen LogP contribution is 2.33. The van der Waals surface area contributed by atoms with Gasteiger partial charge in [0.15, 0.2) is 10.9 Å². The minimum atomic E-state index is -0.0312. The number of furan rings is 1. The smallest absolute Gasteiger partial charge is 0.273 e. The van der Waals surface area contributed by atoms with Crippen molar-refractivity contribution in [1.29, 1.82) is 0 Å². The van der Waals surface area contributed by atoms with E-state index in [4.69, 9.17) is 16.0 Å². The van der Waals surface area contributed by atoms with E-state index in [1.807, 2.05) is 63.4 Å². The maximum absolute atomic E-state index is 13.1. The molecular formula is C26H20ClN5O2S2. The predicted molar refractivity (Wildman–Crippen MR) is 141 cm³/mol. The lowest BCUT2D eigenvalue weighted by Gasteiger charge is -2.28. The third-order valence-electron chi connectivity index (χ3n) is 5.98. The molecule has 0 fully saturated rings. The SMILES string of the molecule is O=C(c1csc(CSc2nnc(-c3ccco3)n2-c2ccccc2Cl)n1)N1CCc2ccccc2C1. The molecule has 0 bridgehead atoms. The van der Waals surface area contributed by atoms with Crippen LogP contribution in [0, 0.1) is 0 Å². The second kappa shape index (κ2) is 9.93. The standard InChI is InChI=1S/C26H20ClN5O2S2/c27-19-8-3-4-9-21(19)32-24(22-10-5-13-34-22)29-30-26(32)36-16-23-28-20(15-35-23)25(33)31-12-11-17-6-1-2-7-18(17)14-31/h1-10,13,15H,11-12,14,16H2. The van der Waals surface area contributed by atoms with Gasteiger partial charge in [0, 0.05) is 18.5 Å². The van der Waals surface area contributed by atoms with Crippen LogP contribution in [0.4, 0.5) is 0 Å². The highest BCUT2D eigenvalue weighted by molar-refractivity contribution is 7.98. The summed E-state index contributed by atoms with van der Waals surface area (Å²) in [6, 6.07) is 19.5. The Morgan fingerprint density at radius 2 is 1.89 bits per heavy atom. The molecule has 0 saturated carbocycles. The van der Waals surface area contributed by atoms with E-state index in [0.717, 1.165) is 17.1 Å². The fraction of sp³-hybridized carbons (Fsp3) is 0.154. The van der Waals surface area contributed by atoms with Crippen LogP contribution in [-0.4, -0.2) is 37.1 Å². The van der Waals surface area contributed by atoms with Gasteiger partial charge in [-0.2, -0.15) is 0 Å². The molecule has 6 rings (SSSR count). The average Bonchev–Trinajstić information content (AvgIpc) is 3.68. The van der Waals surface area contributed by atoms with E-state index in [9.17, 15) is 4.79 Å². The zero-order valence-corrected chi connectivity index (χ0v) is 21.4. The Morgan fingerprint density at radius 3 is 2.72 bits per heavy atom. The van der Waals surface area contributed by atoms with Gasteiger partial charge in [-0.05, 0) is 41.8 Å². The number of thiazole rings is 1. The normalized spacial score (nSPS) is 13.1. The number of nitrogens with zero attached hydrogens (tertiary/aromatic N) is 5. The van der Waals surface area contributed by atoms with Crippen molar-refractivity contribution in [2.75, 3.05) is 6.54 Å². The van der Waals surface area contributed by atoms with E-state index in [0.29, 0.717) is 46.3 Å². The highest BCUT2D eigenvalue weighted by Gasteiger charge is 2.24. The van der Waals surface area contributed by atoms with Gasteiger partial charge in [-0.25, -0.2) is 4.98 Å². The molecule has 3 aromatic heterocycles. The lowest BCUT2D eigenvalue weighted by atomic mass is 10.00. The monoisotopic (exact) mass is 533 g/mol. The lowest BCUT2D eigenvalue weighted by molar-refractivity contribution is 0.0729. The maximum Gasteiger partial charge on any atom is 0.273 e. The van der Waals surface area contributed by atoms with E-state index in [1.54, 1.807) is 6.26 Å². The van der Waals surface area contributed by atoms with Crippen LogP contribution in [0.1, 0.15) is 26.6 Å². The molecule has 2 aromatic carbocycles. The number of para-hydroxylation sites is 1. The third-order valence-corrected chi connectivity index (χ3v) is 8.27. The number of amides is 1. The van der Waals surface area contributed by atoms with Gasteiger partial charge in [-0.1, -0.05) is 59.8 Å². The van der Waals surface area contributed by atoms with Crippen LogP contribution in [0.5, 0.6) is 0 Å². The second-order valence-corrected chi connectivity index (χ2v) is 10.5. The summed E-state index contributed by atoms with van der Waals surface area (Å²) in [5.41, 5.74) is 3.76. The molecule has 1 amide bonds. The summed E-state index contributed by atoms with van der Waals surface area (Å²) in [6.45, 7) is 1.32. The summed E-state index contributed by atoms with van der Waals surface area (Å²) in [4.78, 5) is 19.6. The summed E-state index contributed by atoms with van der Waals surface area (Å²) in [5.74, 6) is 1.67. The fourth-order valence-corrected chi connectivity index (χ4v) is 6.16. The summed E-state index contributed by atoms with van der Waals surface area (Å²) >= 11 is 9.47. The lowest BCUT2D eigenvalue weighted by Crippen LogP contribution is -2.36. The molecule has 0 aliphatic carbocycles. The third kappa shape index (κ3) is 4.45. The Balaban J connectivity index is 1.21. The van der Waals surface area contributed by atoms with Gasteiger partial charge in [0.05, 0.1) is 22.7 Å². The number of hydrogen-bond donors (Lipinski definition) is 0. The van der Waals surface area contributed by atoms with Crippen molar-refractivity contribution >= 4 is 40.6 Å². The van der Waals surface area contributed by atoms with E-state index in [2.05, 4.69) is 27.3 Å². The molecule has 7 nitrogen and oxygen atoms in total. The van der Waals surface area contributed by atoms with E-state index in [-0.39, 0.29) is 5.91 Å². The molecule has 1 aliphatic heterocycles. The Bertz CT molecular complexity index is 1530. The van der Waals surface area contributed by atoms with Gasteiger partial charge in [0.2, 0.25) is 5.82 Å². The van der Waals surface area contributed by atoms with E-state index >= 15 is 0 Å². The average molecular weight is 534 g/mol. The number of carbonyl (C=O) groups is 1. The van der Waals surface area contributed by atoms with Crippen LogP contribution in [-0.2, 0) is 18.7 Å². The quantitative estimate of drug-likeness (QED) is 0.244. The number of halogens is 1. The van der Waals surface area contributed by atoms with Gasteiger partial charge in [0.25, 0.3) is 5.91 Å². The van der Waals surface area contributed by atoms with Crippen molar-refractivity contribution in [2.45, 2.75) is 23.9 Å². The molecule has 0 N–H and O–H groups in total. The van der Waals surface area contributed by atoms with E-state index < -0.39 is 0 Å². The summed E-state index contributed by atoms with van der Waals surface area (Å²) in [7, 11) is 0. The number of hydrogen-bond acceptors (Lipinski definition) is 7. The van der Waals surface area contributed by atoms with Crippen LogP contribution in [0.25, 0.3) is 17.3 Å². The van der Waals surface area contributed by atoms with Crippen molar-refractivity contribution in [3.8, 4) is 17.3 Å². The number of fused-ring (bicyclic) bond motifs is 1. The Kier molecular flexibility index (Phi) is 6.35. The van der Waals surface area contributed by atoms with Gasteiger partial charge >= 0.3 is 0 Å². The Hall–Kier alpha value is -3.40. The minimum Gasteiger partial charge on any atom is -0.461 e. The van der Waals surface area contributed by atoms with Crippen LogP contribution in [0.2, 0.25) is 5.02 Å². The van der Waals surface area contributed by atoms with Crippen molar-refractivity contribution in [1.82, 2.24) is 24.6 Å². The minimum absolute atomic E-state index is 0.0312. The summed E-state index contributed by atoms with van der Waals surface area (Å²) < 4.78 is 7.46. The van der Waals surface area contributed by atoms with Crippen LogP contribution in [0.3, 0.4) is 0 Å². The molecule has 180 valence electrons. The van der Waals surface area contributed by atoms with Gasteiger partial charge in [-0.3, -0.25) is 9.36 Å². The molecule has 5 aromatic rings. The van der Waals surface area contributed by atoms with E-state index in [1.165, 1.54) is 34.2 Å². The molecule has 0 radical (unpaired) electrons. The number of benzene rings is 2. The topological polar surface area (TPSA) is 77.0 Å². The maximum atomic E-state index is 13.1. The summed E-state index contributed by atoms with van der Waals surface area (Å²) in [6.07, 6.45) is 2.47. The molecule has 36 heavy (non-hydrogen) atoms. The second-order valence-electron chi connectivity index (χ2n) is 8.23. The molecule has 0 atom stereocenters. The molecule has 4 heterocycles. The Morgan fingerprint density at radius 1 is 1.06 bits per heavy atom. The zero-order chi connectivity index (χ0) is 24.5. The zero-order valence-electron chi connectivity index (χ0n) is 19.0. The van der Waals surface area contributed by atoms with Crippen LogP contribution >= 0.6 is 34.7 Å². The van der Waals surface area contributed by atoms with Crippen LogP contribution < -0.4 is 0 Å². The highest BCUT2D eigenvalue weighted by atomic mass is 35.5.